The number of amides is 1. The van der Waals surface area contributed by atoms with Crippen molar-refractivity contribution < 1.29 is 24.2 Å². The molecule has 0 radical (unpaired) electrons. The van der Waals surface area contributed by atoms with E-state index in [2.05, 4.69) is 61.7 Å². The Hall–Kier alpha value is -2.67. The molecule has 0 aromatic carbocycles. The third kappa shape index (κ3) is 33.6. The Labute approximate surface area is 300 Å². The molecule has 2 unspecified atom stereocenters. The van der Waals surface area contributed by atoms with Gasteiger partial charge in [-0.15, -0.1) is 0 Å². The Morgan fingerprint density at radius 1 is 0.612 bits per heavy atom. The topological polar surface area (TPSA) is 119 Å². The fourth-order valence-electron chi connectivity index (χ4n) is 5.55. The largest absolute Gasteiger partial charge is 0.480 e. The average Bonchev–Trinajstić information content (AvgIpc) is 3.08. The van der Waals surface area contributed by atoms with Crippen LogP contribution >= 0.6 is 0 Å². The molecular weight excluding hydrogens is 612 g/mol. The number of hydrogen-bond acceptors (Lipinski definition) is 5. The van der Waals surface area contributed by atoms with Crippen molar-refractivity contribution in [1.82, 2.24) is 5.32 Å². The molecule has 0 saturated heterocycles. The van der Waals surface area contributed by atoms with Crippen molar-refractivity contribution in [3.8, 4) is 0 Å². The van der Waals surface area contributed by atoms with Gasteiger partial charge in [0.15, 0.2) is 0 Å². The minimum Gasteiger partial charge on any atom is -0.480 e. The summed E-state index contributed by atoms with van der Waals surface area (Å²) in [5.41, 5.74) is 5.47. The fraction of sp³-hybridized carbons (Fsp3) is 0.738. The maximum Gasteiger partial charge on any atom is 0.326 e. The van der Waals surface area contributed by atoms with Crippen molar-refractivity contribution in [1.29, 1.82) is 0 Å². The van der Waals surface area contributed by atoms with Gasteiger partial charge >= 0.3 is 11.9 Å². The molecule has 0 aromatic rings. The van der Waals surface area contributed by atoms with Crippen molar-refractivity contribution in [3.63, 3.8) is 0 Å². The van der Waals surface area contributed by atoms with Crippen LogP contribution in [0.1, 0.15) is 181 Å². The Kier molecular flexibility index (Phi) is 34.6. The lowest BCUT2D eigenvalue weighted by Crippen LogP contribution is -2.40. The Morgan fingerprint density at radius 3 is 1.73 bits per heavy atom. The average molecular weight is 687 g/mol. The van der Waals surface area contributed by atoms with Crippen molar-refractivity contribution in [3.05, 3.63) is 48.6 Å². The van der Waals surface area contributed by atoms with E-state index in [-0.39, 0.29) is 18.0 Å². The minimum atomic E-state index is -1.01. The zero-order chi connectivity index (χ0) is 36.0. The van der Waals surface area contributed by atoms with Crippen LogP contribution in [0.5, 0.6) is 0 Å². The van der Waals surface area contributed by atoms with E-state index in [0.717, 1.165) is 83.5 Å². The number of nitrogens with one attached hydrogen (secondary N) is 1. The van der Waals surface area contributed by atoms with Crippen molar-refractivity contribution in [2.24, 2.45) is 5.73 Å². The number of carbonyl (C=O) groups excluding carboxylic acids is 2. The van der Waals surface area contributed by atoms with Crippen LogP contribution in [0.25, 0.3) is 0 Å². The lowest BCUT2D eigenvalue weighted by atomic mass is 10.1. The van der Waals surface area contributed by atoms with Gasteiger partial charge in [0.25, 0.3) is 0 Å². The Balaban J connectivity index is 4.48. The maximum atomic E-state index is 12.7. The summed E-state index contributed by atoms with van der Waals surface area (Å²) in [5.74, 6) is -1.34. The first-order valence-electron chi connectivity index (χ1n) is 20.0. The van der Waals surface area contributed by atoms with Gasteiger partial charge in [0.05, 0.1) is 0 Å². The standard InChI is InChI=1S/C42H74N2O5/c1-3-5-7-9-11-13-15-17-19-21-26-30-36-41(46)49-38(32-27-23-20-18-16-14-12-10-8-6-4-2)33-28-24-22-25-29-35-40(45)44-39(42(47)48)34-31-37-43/h11-14,18,20,27,32,38-39H,3-10,15-17,19,21-26,28-31,33-37,43H2,1-2H3,(H,44,45)(H,47,48)/b13-11-,14-12-,20-18-,32-27-. The molecule has 0 aliphatic heterocycles. The quantitative estimate of drug-likeness (QED) is 0.0347. The number of carboxylic acid groups (broad SMARTS) is 1. The SMILES string of the molecule is CCCCC/C=C\C/C=C\C/C=C\C(CCCCCCCC(=O)NC(CCCN)C(=O)O)OC(=O)CCCCCCC/C=C\CCCCC. The van der Waals surface area contributed by atoms with Gasteiger partial charge in [0.1, 0.15) is 12.1 Å². The molecule has 7 heteroatoms. The van der Waals surface area contributed by atoms with Crippen LogP contribution in [0.2, 0.25) is 0 Å². The van der Waals surface area contributed by atoms with Gasteiger partial charge < -0.3 is 20.9 Å². The first-order valence-corrected chi connectivity index (χ1v) is 20.0. The summed E-state index contributed by atoms with van der Waals surface area (Å²) >= 11 is 0. The number of unbranched alkanes of at least 4 members (excludes halogenated alkanes) is 15. The molecule has 0 rings (SSSR count). The van der Waals surface area contributed by atoms with E-state index in [1.165, 1.54) is 57.8 Å². The fourth-order valence-corrected chi connectivity index (χ4v) is 5.55. The highest BCUT2D eigenvalue weighted by Crippen LogP contribution is 2.15. The summed E-state index contributed by atoms with van der Waals surface area (Å²) in [6.07, 6.45) is 43.0. The number of esters is 1. The van der Waals surface area contributed by atoms with Crippen LogP contribution in [-0.4, -0.2) is 41.6 Å². The molecule has 4 N–H and O–H groups in total. The summed E-state index contributed by atoms with van der Waals surface area (Å²) in [5, 5.41) is 11.9. The first-order chi connectivity index (χ1) is 23.9. The summed E-state index contributed by atoms with van der Waals surface area (Å²) in [6, 6.07) is -0.867. The Bertz CT molecular complexity index is 911. The summed E-state index contributed by atoms with van der Waals surface area (Å²) in [4.78, 5) is 36.2. The van der Waals surface area contributed by atoms with E-state index < -0.39 is 12.0 Å². The monoisotopic (exact) mass is 687 g/mol. The van der Waals surface area contributed by atoms with Gasteiger partial charge in [0.2, 0.25) is 5.91 Å². The van der Waals surface area contributed by atoms with E-state index in [9.17, 15) is 19.5 Å². The molecule has 0 aliphatic rings. The highest BCUT2D eigenvalue weighted by Gasteiger charge is 2.18. The smallest absolute Gasteiger partial charge is 0.326 e. The van der Waals surface area contributed by atoms with Gasteiger partial charge in [-0.2, -0.15) is 0 Å². The normalized spacial score (nSPS) is 13.2. The summed E-state index contributed by atoms with van der Waals surface area (Å²) in [6.45, 7) is 4.87. The maximum absolute atomic E-state index is 12.7. The molecule has 7 nitrogen and oxygen atoms in total. The number of aliphatic carboxylic acids is 1. The number of hydrogen-bond donors (Lipinski definition) is 3. The molecule has 0 fully saturated rings. The molecule has 1 amide bonds. The van der Waals surface area contributed by atoms with Crippen LogP contribution in [0.4, 0.5) is 0 Å². The van der Waals surface area contributed by atoms with E-state index in [4.69, 9.17) is 10.5 Å². The molecule has 2 atom stereocenters. The number of allylic oxidation sites excluding steroid dienone is 7. The Morgan fingerprint density at radius 2 is 1.12 bits per heavy atom. The third-order valence-corrected chi connectivity index (χ3v) is 8.60. The number of nitrogens with two attached hydrogens (primary N) is 1. The number of ether oxygens (including phenoxy) is 1. The lowest BCUT2D eigenvalue weighted by molar-refractivity contribution is -0.147. The summed E-state index contributed by atoms with van der Waals surface area (Å²) < 4.78 is 5.91. The molecule has 0 aromatic heterocycles. The van der Waals surface area contributed by atoms with Gasteiger partial charge in [-0.25, -0.2) is 4.79 Å². The zero-order valence-corrected chi connectivity index (χ0v) is 31.5. The van der Waals surface area contributed by atoms with Crippen LogP contribution in [-0.2, 0) is 19.1 Å². The number of carboxylic acids is 1. The van der Waals surface area contributed by atoms with Gasteiger partial charge in [-0.05, 0) is 103 Å². The van der Waals surface area contributed by atoms with Crippen LogP contribution in [0, 0.1) is 0 Å². The molecule has 0 spiro atoms. The van der Waals surface area contributed by atoms with Crippen LogP contribution in [0.15, 0.2) is 48.6 Å². The molecule has 0 bridgehead atoms. The van der Waals surface area contributed by atoms with Crippen molar-refractivity contribution in [2.45, 2.75) is 193 Å². The lowest BCUT2D eigenvalue weighted by Gasteiger charge is -2.15. The van der Waals surface area contributed by atoms with Crippen LogP contribution < -0.4 is 11.1 Å². The molecule has 49 heavy (non-hydrogen) atoms. The van der Waals surface area contributed by atoms with Crippen LogP contribution in [0.3, 0.4) is 0 Å². The number of carbonyl (C=O) groups is 3. The second kappa shape index (κ2) is 36.6. The first kappa shape index (κ1) is 46.3. The molecule has 0 aliphatic carbocycles. The van der Waals surface area contributed by atoms with E-state index in [0.29, 0.717) is 32.2 Å². The van der Waals surface area contributed by atoms with E-state index in [1.807, 2.05) is 6.08 Å². The molecular formula is C42H74N2O5. The second-order valence-corrected chi connectivity index (χ2v) is 13.3. The number of rotatable bonds is 35. The molecule has 0 heterocycles. The predicted octanol–water partition coefficient (Wildman–Crippen LogP) is 10.8. The van der Waals surface area contributed by atoms with Gasteiger partial charge in [0, 0.05) is 12.8 Å². The summed E-state index contributed by atoms with van der Waals surface area (Å²) in [7, 11) is 0. The van der Waals surface area contributed by atoms with Gasteiger partial charge in [-0.3, -0.25) is 9.59 Å². The second-order valence-electron chi connectivity index (χ2n) is 13.3. The predicted molar refractivity (Wildman–Crippen MR) is 206 cm³/mol. The highest BCUT2D eigenvalue weighted by molar-refractivity contribution is 5.83. The molecule has 282 valence electrons. The third-order valence-electron chi connectivity index (χ3n) is 8.60. The van der Waals surface area contributed by atoms with E-state index >= 15 is 0 Å². The zero-order valence-electron chi connectivity index (χ0n) is 31.5. The van der Waals surface area contributed by atoms with Crippen molar-refractivity contribution in [2.75, 3.05) is 6.54 Å². The van der Waals surface area contributed by atoms with Crippen molar-refractivity contribution >= 4 is 17.8 Å². The highest BCUT2D eigenvalue weighted by atomic mass is 16.5. The molecule has 0 saturated carbocycles. The minimum absolute atomic E-state index is 0.106. The van der Waals surface area contributed by atoms with E-state index in [1.54, 1.807) is 0 Å². The van der Waals surface area contributed by atoms with Gasteiger partial charge in [-0.1, -0.05) is 121 Å².